The number of aryl methyl sites for hydroxylation is 1. The zero-order valence-corrected chi connectivity index (χ0v) is 11.4. The molecule has 5 nitrogen and oxygen atoms in total. The van der Waals surface area contributed by atoms with E-state index >= 15 is 0 Å². The summed E-state index contributed by atoms with van der Waals surface area (Å²) in [7, 11) is -3.18. The molecule has 2 rings (SSSR count). The molecule has 0 spiro atoms. The van der Waals surface area contributed by atoms with E-state index in [1.54, 1.807) is 5.51 Å². The van der Waals surface area contributed by atoms with Gasteiger partial charge in [0, 0.05) is 24.0 Å². The molecule has 96 valence electrons. The molecular weight excluding hydrogens is 258 g/mol. The number of nitrogens with zero attached hydrogens (tertiary/aromatic N) is 1. The zero-order valence-electron chi connectivity index (χ0n) is 9.77. The monoisotopic (exact) mass is 275 g/mol. The van der Waals surface area contributed by atoms with E-state index < -0.39 is 10.0 Å². The molecule has 1 aromatic heterocycles. The molecule has 2 N–H and O–H groups in total. The molecule has 1 aliphatic rings. The van der Waals surface area contributed by atoms with Gasteiger partial charge in [-0.05, 0) is 19.8 Å². The summed E-state index contributed by atoms with van der Waals surface area (Å²) >= 11 is 1.48. The maximum absolute atomic E-state index is 11.7. The summed E-state index contributed by atoms with van der Waals surface area (Å²) in [5, 5.41) is 3.19. The molecule has 0 unspecified atom stereocenters. The third-order valence-corrected chi connectivity index (χ3v) is 4.94. The first kappa shape index (κ1) is 12.9. The Morgan fingerprint density at radius 1 is 1.53 bits per heavy atom. The van der Waals surface area contributed by atoms with Crippen LogP contribution in [0.3, 0.4) is 0 Å². The zero-order chi connectivity index (χ0) is 12.3. The molecule has 1 aromatic rings. The second-order valence-electron chi connectivity index (χ2n) is 4.23. The van der Waals surface area contributed by atoms with Crippen molar-refractivity contribution in [1.82, 2.24) is 15.0 Å². The molecule has 0 bridgehead atoms. The number of hydrogen-bond donors (Lipinski definition) is 2. The summed E-state index contributed by atoms with van der Waals surface area (Å²) in [5.74, 6) is 0.140. The predicted molar refractivity (Wildman–Crippen MR) is 68.5 cm³/mol. The number of rotatable bonds is 7. The maximum atomic E-state index is 11.7. The largest absolute Gasteiger partial charge is 0.313 e. The number of nitrogens with one attached hydrogen (secondary N) is 2. The summed E-state index contributed by atoms with van der Waals surface area (Å²) in [6, 6.07) is 0.550. The standard InChI is InChI=1S/C10H17N3O2S2/c1-8-10(16-7-12-8)6-13-17(14,15)5-4-11-9-2-3-9/h7,9,11,13H,2-6H2,1H3. The van der Waals surface area contributed by atoms with Crippen LogP contribution in [0, 0.1) is 6.92 Å². The molecule has 0 aromatic carbocycles. The average Bonchev–Trinajstić information content (AvgIpc) is 2.98. The van der Waals surface area contributed by atoms with Crippen molar-refractivity contribution in [1.29, 1.82) is 0 Å². The van der Waals surface area contributed by atoms with Crippen LogP contribution in [0.5, 0.6) is 0 Å². The highest BCUT2D eigenvalue weighted by molar-refractivity contribution is 7.89. The molecule has 0 saturated heterocycles. The molecule has 0 atom stereocenters. The third-order valence-electron chi connectivity index (χ3n) is 2.68. The normalized spacial score (nSPS) is 16.3. The minimum atomic E-state index is -3.18. The first-order chi connectivity index (χ1) is 8.07. The highest BCUT2D eigenvalue weighted by Gasteiger charge is 2.21. The van der Waals surface area contributed by atoms with Crippen LogP contribution in [0.25, 0.3) is 0 Å². The molecule has 1 aliphatic carbocycles. The molecule has 1 fully saturated rings. The Balaban J connectivity index is 1.74. The van der Waals surface area contributed by atoms with Gasteiger partial charge < -0.3 is 5.32 Å². The fraction of sp³-hybridized carbons (Fsp3) is 0.700. The molecule has 0 radical (unpaired) electrons. The van der Waals surface area contributed by atoms with Crippen molar-refractivity contribution in [3.63, 3.8) is 0 Å². The van der Waals surface area contributed by atoms with Crippen LogP contribution in [-0.2, 0) is 16.6 Å². The summed E-state index contributed by atoms with van der Waals surface area (Å²) < 4.78 is 25.9. The van der Waals surface area contributed by atoms with Gasteiger partial charge in [-0.1, -0.05) is 0 Å². The SMILES string of the molecule is Cc1ncsc1CNS(=O)(=O)CCNC1CC1. The van der Waals surface area contributed by atoms with Crippen LogP contribution in [0.1, 0.15) is 23.4 Å². The van der Waals surface area contributed by atoms with Crippen LogP contribution < -0.4 is 10.0 Å². The molecule has 0 amide bonds. The van der Waals surface area contributed by atoms with Crippen molar-refractivity contribution >= 4 is 21.4 Å². The summed E-state index contributed by atoms with van der Waals surface area (Å²) in [6.07, 6.45) is 2.35. The lowest BCUT2D eigenvalue weighted by molar-refractivity contribution is 0.576. The molecule has 0 aliphatic heterocycles. The lowest BCUT2D eigenvalue weighted by atomic mass is 10.4. The fourth-order valence-corrected chi connectivity index (χ4v) is 3.13. The first-order valence-electron chi connectivity index (χ1n) is 5.66. The van der Waals surface area contributed by atoms with Crippen molar-refractivity contribution < 1.29 is 8.42 Å². The summed E-state index contributed by atoms with van der Waals surface area (Å²) in [6.45, 7) is 2.76. The van der Waals surface area contributed by atoms with Crippen LogP contribution in [0.2, 0.25) is 0 Å². The fourth-order valence-electron chi connectivity index (χ4n) is 1.43. The second-order valence-corrected chi connectivity index (χ2v) is 7.10. The van der Waals surface area contributed by atoms with Crippen molar-refractivity contribution in [3.8, 4) is 0 Å². The van der Waals surface area contributed by atoms with Crippen LogP contribution in [0.15, 0.2) is 5.51 Å². The van der Waals surface area contributed by atoms with E-state index in [2.05, 4.69) is 15.0 Å². The average molecular weight is 275 g/mol. The lowest BCUT2D eigenvalue weighted by Crippen LogP contribution is -2.32. The quantitative estimate of drug-likeness (QED) is 0.765. The van der Waals surface area contributed by atoms with Crippen LogP contribution in [-0.4, -0.2) is 31.7 Å². The highest BCUT2D eigenvalue weighted by atomic mass is 32.2. The van der Waals surface area contributed by atoms with Crippen LogP contribution >= 0.6 is 11.3 Å². The molecule has 1 saturated carbocycles. The van der Waals surface area contributed by atoms with Gasteiger partial charge in [-0.3, -0.25) is 0 Å². The summed E-state index contributed by atoms with van der Waals surface area (Å²) in [4.78, 5) is 5.06. The van der Waals surface area contributed by atoms with Gasteiger partial charge in [0.15, 0.2) is 0 Å². The van der Waals surface area contributed by atoms with E-state index in [0.29, 0.717) is 19.1 Å². The van der Waals surface area contributed by atoms with Crippen molar-refractivity contribution in [2.24, 2.45) is 0 Å². The first-order valence-corrected chi connectivity index (χ1v) is 8.20. The van der Waals surface area contributed by atoms with E-state index in [1.807, 2.05) is 6.92 Å². The van der Waals surface area contributed by atoms with Crippen molar-refractivity contribution in [2.75, 3.05) is 12.3 Å². The van der Waals surface area contributed by atoms with Gasteiger partial charge in [0.2, 0.25) is 10.0 Å². The Morgan fingerprint density at radius 3 is 2.88 bits per heavy atom. The second kappa shape index (κ2) is 5.43. The Kier molecular flexibility index (Phi) is 4.13. The van der Waals surface area contributed by atoms with Gasteiger partial charge in [-0.2, -0.15) is 0 Å². The molecule has 1 heterocycles. The van der Waals surface area contributed by atoms with Gasteiger partial charge in [-0.25, -0.2) is 18.1 Å². The number of sulfonamides is 1. The Labute approximate surface area is 106 Å². The smallest absolute Gasteiger partial charge is 0.213 e. The van der Waals surface area contributed by atoms with Gasteiger partial charge in [0.1, 0.15) is 0 Å². The van der Waals surface area contributed by atoms with Gasteiger partial charge >= 0.3 is 0 Å². The van der Waals surface area contributed by atoms with E-state index in [9.17, 15) is 8.42 Å². The highest BCUT2D eigenvalue weighted by Crippen LogP contribution is 2.18. The van der Waals surface area contributed by atoms with Crippen molar-refractivity contribution in [2.45, 2.75) is 32.4 Å². The molecule has 17 heavy (non-hydrogen) atoms. The number of hydrogen-bond acceptors (Lipinski definition) is 5. The number of thiazole rings is 1. The van der Waals surface area contributed by atoms with Crippen LogP contribution in [0.4, 0.5) is 0 Å². The van der Waals surface area contributed by atoms with Crippen molar-refractivity contribution in [3.05, 3.63) is 16.1 Å². The Hall–Kier alpha value is -0.500. The third kappa shape index (κ3) is 4.34. The predicted octanol–water partition coefficient (Wildman–Crippen LogP) is 0.623. The minimum Gasteiger partial charge on any atom is -0.313 e. The Bertz CT molecular complexity index is 466. The number of aromatic nitrogens is 1. The topological polar surface area (TPSA) is 71.1 Å². The van der Waals surface area contributed by atoms with E-state index in [4.69, 9.17) is 0 Å². The minimum absolute atomic E-state index is 0.140. The van der Waals surface area contributed by atoms with Gasteiger partial charge in [0.05, 0.1) is 17.0 Å². The summed E-state index contributed by atoms with van der Waals surface area (Å²) in [5.41, 5.74) is 2.63. The molecular formula is C10H17N3O2S2. The Morgan fingerprint density at radius 2 is 2.29 bits per heavy atom. The van der Waals surface area contributed by atoms with Gasteiger partial charge in [0.25, 0.3) is 0 Å². The maximum Gasteiger partial charge on any atom is 0.213 e. The van der Waals surface area contributed by atoms with E-state index in [-0.39, 0.29) is 5.75 Å². The van der Waals surface area contributed by atoms with Gasteiger partial charge in [-0.15, -0.1) is 11.3 Å². The molecule has 7 heteroatoms. The lowest BCUT2D eigenvalue weighted by Gasteiger charge is -2.06. The van der Waals surface area contributed by atoms with E-state index in [0.717, 1.165) is 10.6 Å². The van der Waals surface area contributed by atoms with E-state index in [1.165, 1.54) is 24.2 Å².